The Bertz CT molecular complexity index is 1010. The van der Waals surface area contributed by atoms with Gasteiger partial charge in [-0.25, -0.2) is 4.98 Å². The van der Waals surface area contributed by atoms with Crippen LogP contribution in [0.4, 0.5) is 0 Å². The van der Waals surface area contributed by atoms with Gasteiger partial charge in [0.05, 0.1) is 6.04 Å². The van der Waals surface area contributed by atoms with Crippen molar-refractivity contribution in [2.45, 2.75) is 18.9 Å². The lowest BCUT2D eigenvalue weighted by molar-refractivity contribution is 0.0925. The van der Waals surface area contributed by atoms with Gasteiger partial charge in [0.2, 0.25) is 0 Å². The number of rotatable bonds is 6. The molecule has 148 valence electrons. The number of hydrogen-bond acceptors (Lipinski definition) is 5. The number of amides is 1. The highest BCUT2D eigenvalue weighted by molar-refractivity contribution is 5.94. The Labute approximate surface area is 168 Å². The molecule has 3 heterocycles. The molecule has 0 unspecified atom stereocenters. The highest BCUT2D eigenvalue weighted by Gasteiger charge is 2.22. The third kappa shape index (κ3) is 4.57. The number of hydrogen-bond donors (Lipinski definition) is 2. The second-order valence-electron chi connectivity index (χ2n) is 7.15. The van der Waals surface area contributed by atoms with Crippen molar-refractivity contribution in [2.24, 2.45) is 0 Å². The van der Waals surface area contributed by atoms with Crippen LogP contribution in [0.25, 0.3) is 11.4 Å². The second-order valence-corrected chi connectivity index (χ2v) is 7.15. The number of likely N-dealkylation sites (tertiary alicyclic amines) is 1. The third-order valence-electron chi connectivity index (χ3n) is 5.14. The molecule has 7 heteroatoms. The molecular formula is C22H23N5O2. The van der Waals surface area contributed by atoms with E-state index >= 15 is 0 Å². The molecular weight excluding hydrogens is 366 g/mol. The number of benzene rings is 1. The van der Waals surface area contributed by atoms with Gasteiger partial charge in [0.25, 0.3) is 11.5 Å². The molecule has 4 rings (SSSR count). The Hall–Kier alpha value is -3.32. The van der Waals surface area contributed by atoms with E-state index in [4.69, 9.17) is 0 Å². The van der Waals surface area contributed by atoms with Crippen LogP contribution in [0.2, 0.25) is 0 Å². The Kier molecular flexibility index (Phi) is 5.76. The first-order valence-electron chi connectivity index (χ1n) is 9.78. The lowest BCUT2D eigenvalue weighted by Gasteiger charge is -2.24. The SMILES string of the molecule is O=C(N[C@@H](CN1CCCC1)c1ccccc1)c1cnc(-c2ccncc2)[nH]c1=O. The maximum Gasteiger partial charge on any atom is 0.264 e. The minimum atomic E-state index is -0.461. The molecule has 1 fully saturated rings. The van der Waals surface area contributed by atoms with E-state index < -0.39 is 11.5 Å². The lowest BCUT2D eigenvalue weighted by atomic mass is 10.1. The van der Waals surface area contributed by atoms with Crippen LogP contribution in [0.3, 0.4) is 0 Å². The van der Waals surface area contributed by atoms with Gasteiger partial charge in [-0.1, -0.05) is 30.3 Å². The fourth-order valence-electron chi connectivity index (χ4n) is 3.59. The van der Waals surface area contributed by atoms with Crippen LogP contribution in [0.1, 0.15) is 34.8 Å². The number of aromatic amines is 1. The van der Waals surface area contributed by atoms with Crippen LogP contribution in [-0.2, 0) is 0 Å². The number of carbonyl (C=O) groups excluding carboxylic acids is 1. The molecule has 0 saturated carbocycles. The van der Waals surface area contributed by atoms with Crippen molar-refractivity contribution in [3.05, 3.63) is 82.5 Å². The van der Waals surface area contributed by atoms with Gasteiger partial charge in [0, 0.05) is 30.7 Å². The number of H-pyrrole nitrogens is 1. The highest BCUT2D eigenvalue weighted by atomic mass is 16.2. The number of aromatic nitrogens is 3. The average molecular weight is 389 g/mol. The van der Waals surface area contributed by atoms with Gasteiger partial charge in [0.15, 0.2) is 0 Å². The van der Waals surface area contributed by atoms with Crippen molar-refractivity contribution in [1.82, 2.24) is 25.2 Å². The maximum absolute atomic E-state index is 12.9. The van der Waals surface area contributed by atoms with Gasteiger partial charge in [-0.2, -0.15) is 0 Å². The summed E-state index contributed by atoms with van der Waals surface area (Å²) in [5.74, 6) is -0.0151. The van der Waals surface area contributed by atoms with E-state index in [1.165, 1.54) is 19.0 Å². The van der Waals surface area contributed by atoms with E-state index in [2.05, 4.69) is 25.2 Å². The van der Waals surface area contributed by atoms with Gasteiger partial charge in [-0.05, 0) is 43.6 Å². The van der Waals surface area contributed by atoms with Crippen molar-refractivity contribution < 1.29 is 4.79 Å². The topological polar surface area (TPSA) is 91.0 Å². The zero-order valence-corrected chi connectivity index (χ0v) is 16.0. The Morgan fingerprint density at radius 2 is 1.83 bits per heavy atom. The van der Waals surface area contributed by atoms with E-state index in [-0.39, 0.29) is 11.6 Å². The molecule has 1 aliphatic rings. The summed E-state index contributed by atoms with van der Waals surface area (Å²) in [6.07, 6.45) is 6.93. The normalized spacial score (nSPS) is 15.2. The quantitative estimate of drug-likeness (QED) is 0.676. The smallest absolute Gasteiger partial charge is 0.264 e. The predicted molar refractivity (Wildman–Crippen MR) is 110 cm³/mol. The molecule has 7 nitrogen and oxygen atoms in total. The fourth-order valence-corrected chi connectivity index (χ4v) is 3.59. The average Bonchev–Trinajstić information content (AvgIpc) is 3.27. The lowest BCUT2D eigenvalue weighted by Crippen LogP contribution is -2.39. The summed E-state index contributed by atoms with van der Waals surface area (Å²) in [4.78, 5) is 38.7. The third-order valence-corrected chi connectivity index (χ3v) is 5.14. The van der Waals surface area contributed by atoms with Crippen molar-refractivity contribution in [3.63, 3.8) is 0 Å². The molecule has 0 aliphatic carbocycles. The fraction of sp³-hybridized carbons (Fsp3) is 0.273. The number of nitrogens with zero attached hydrogens (tertiary/aromatic N) is 3. The van der Waals surface area contributed by atoms with E-state index in [0.29, 0.717) is 5.82 Å². The Morgan fingerprint density at radius 1 is 1.10 bits per heavy atom. The van der Waals surface area contributed by atoms with Crippen LogP contribution in [0.5, 0.6) is 0 Å². The standard InChI is InChI=1S/C22H23N5O2/c28-21(18-14-24-20(26-22(18)29)17-8-10-23-11-9-17)25-19(15-27-12-4-5-13-27)16-6-2-1-3-7-16/h1-3,6-11,14,19H,4-5,12-13,15H2,(H,25,28)(H,24,26,29)/t19-/m0/s1. The van der Waals surface area contributed by atoms with E-state index in [0.717, 1.165) is 30.8 Å². The zero-order chi connectivity index (χ0) is 20.1. The molecule has 1 atom stereocenters. The summed E-state index contributed by atoms with van der Waals surface area (Å²) in [5.41, 5.74) is 1.30. The molecule has 2 aromatic heterocycles. The minimum Gasteiger partial charge on any atom is -0.344 e. The van der Waals surface area contributed by atoms with Gasteiger partial charge >= 0.3 is 0 Å². The number of pyridine rings is 1. The summed E-state index contributed by atoms with van der Waals surface area (Å²) in [6, 6.07) is 13.2. The van der Waals surface area contributed by atoms with Gasteiger partial charge < -0.3 is 15.2 Å². The minimum absolute atomic E-state index is 0.00478. The largest absolute Gasteiger partial charge is 0.344 e. The maximum atomic E-state index is 12.9. The molecule has 3 aromatic rings. The molecule has 1 saturated heterocycles. The summed E-state index contributed by atoms with van der Waals surface area (Å²) < 4.78 is 0. The summed E-state index contributed by atoms with van der Waals surface area (Å²) >= 11 is 0. The summed E-state index contributed by atoms with van der Waals surface area (Å²) in [5, 5.41) is 3.03. The van der Waals surface area contributed by atoms with Crippen LogP contribution >= 0.6 is 0 Å². The Balaban J connectivity index is 1.54. The molecule has 0 spiro atoms. The first-order chi connectivity index (χ1) is 14.2. The van der Waals surface area contributed by atoms with E-state index in [9.17, 15) is 9.59 Å². The highest BCUT2D eigenvalue weighted by Crippen LogP contribution is 2.18. The molecule has 1 amide bonds. The van der Waals surface area contributed by atoms with Crippen LogP contribution in [0.15, 0.2) is 65.8 Å². The molecule has 1 aliphatic heterocycles. The second kappa shape index (κ2) is 8.79. The number of nitrogens with one attached hydrogen (secondary N) is 2. The van der Waals surface area contributed by atoms with Crippen LogP contribution in [0, 0.1) is 0 Å². The van der Waals surface area contributed by atoms with Gasteiger partial charge in [-0.3, -0.25) is 14.6 Å². The van der Waals surface area contributed by atoms with Crippen LogP contribution in [-0.4, -0.2) is 45.4 Å². The molecule has 0 bridgehead atoms. The van der Waals surface area contributed by atoms with Gasteiger partial charge in [-0.15, -0.1) is 0 Å². The molecule has 0 radical (unpaired) electrons. The first-order valence-corrected chi connectivity index (χ1v) is 9.78. The summed E-state index contributed by atoms with van der Waals surface area (Å²) in [6.45, 7) is 2.78. The molecule has 1 aromatic carbocycles. The van der Waals surface area contributed by atoms with Crippen molar-refractivity contribution in [3.8, 4) is 11.4 Å². The molecule has 29 heavy (non-hydrogen) atoms. The Morgan fingerprint density at radius 3 is 2.52 bits per heavy atom. The predicted octanol–water partition coefficient (Wildman–Crippen LogP) is 2.40. The van der Waals surface area contributed by atoms with Crippen molar-refractivity contribution in [2.75, 3.05) is 19.6 Å². The zero-order valence-electron chi connectivity index (χ0n) is 16.0. The summed E-state index contributed by atoms with van der Waals surface area (Å²) in [7, 11) is 0. The van der Waals surface area contributed by atoms with Crippen molar-refractivity contribution in [1.29, 1.82) is 0 Å². The van der Waals surface area contributed by atoms with Crippen LogP contribution < -0.4 is 10.9 Å². The van der Waals surface area contributed by atoms with Crippen molar-refractivity contribution >= 4 is 5.91 Å². The first kappa shape index (κ1) is 19.0. The van der Waals surface area contributed by atoms with E-state index in [1.807, 2.05) is 30.3 Å². The monoisotopic (exact) mass is 389 g/mol. The van der Waals surface area contributed by atoms with Gasteiger partial charge in [0.1, 0.15) is 11.4 Å². The molecule has 2 N–H and O–H groups in total. The number of carbonyl (C=O) groups is 1. The van der Waals surface area contributed by atoms with E-state index in [1.54, 1.807) is 24.5 Å².